The largest absolute Gasteiger partial charge is 0.396 e. The van der Waals surface area contributed by atoms with Crippen LogP contribution < -0.4 is 4.90 Å². The van der Waals surface area contributed by atoms with E-state index in [2.05, 4.69) is 29.8 Å². The van der Waals surface area contributed by atoms with Crippen molar-refractivity contribution in [2.24, 2.45) is 0 Å². The molecule has 0 spiro atoms. The Kier molecular flexibility index (Phi) is 4.49. The van der Waals surface area contributed by atoms with E-state index in [1.54, 1.807) is 0 Å². The Labute approximate surface area is 114 Å². The van der Waals surface area contributed by atoms with E-state index in [-0.39, 0.29) is 6.61 Å². The SMILES string of the molecule is Cc1c(Cl)cccc1N1CCN(C)C(CCO)C1. The van der Waals surface area contributed by atoms with E-state index in [1.165, 1.54) is 5.69 Å². The summed E-state index contributed by atoms with van der Waals surface area (Å²) in [5.41, 5.74) is 2.37. The molecule has 2 rings (SSSR count). The lowest BCUT2D eigenvalue weighted by molar-refractivity contribution is 0.171. The summed E-state index contributed by atoms with van der Waals surface area (Å²) in [6.45, 7) is 5.31. The molecular weight excluding hydrogens is 248 g/mol. The van der Waals surface area contributed by atoms with Gasteiger partial charge in [-0.15, -0.1) is 0 Å². The van der Waals surface area contributed by atoms with Crippen LogP contribution in [-0.2, 0) is 0 Å². The Morgan fingerprint density at radius 3 is 2.89 bits per heavy atom. The van der Waals surface area contributed by atoms with Gasteiger partial charge in [0.1, 0.15) is 0 Å². The van der Waals surface area contributed by atoms with Crippen LogP contribution in [0.25, 0.3) is 0 Å². The minimum atomic E-state index is 0.247. The molecule has 100 valence electrons. The van der Waals surface area contributed by atoms with E-state index in [1.807, 2.05) is 12.1 Å². The van der Waals surface area contributed by atoms with Gasteiger partial charge >= 0.3 is 0 Å². The van der Waals surface area contributed by atoms with Crippen molar-refractivity contribution < 1.29 is 5.11 Å². The Bertz CT molecular complexity index is 411. The van der Waals surface area contributed by atoms with Crippen LogP contribution >= 0.6 is 11.6 Å². The Morgan fingerprint density at radius 1 is 1.39 bits per heavy atom. The van der Waals surface area contributed by atoms with Crippen molar-refractivity contribution in [3.05, 3.63) is 28.8 Å². The third-order valence-corrected chi connectivity index (χ3v) is 4.23. The van der Waals surface area contributed by atoms with Crippen molar-refractivity contribution in [3.63, 3.8) is 0 Å². The van der Waals surface area contributed by atoms with Crippen molar-refractivity contribution in [3.8, 4) is 0 Å². The van der Waals surface area contributed by atoms with Crippen LogP contribution in [0.15, 0.2) is 18.2 Å². The van der Waals surface area contributed by atoms with Crippen LogP contribution in [-0.4, -0.2) is 49.3 Å². The van der Waals surface area contributed by atoms with Gasteiger partial charge in [0.2, 0.25) is 0 Å². The van der Waals surface area contributed by atoms with Crippen LogP contribution in [0.2, 0.25) is 5.02 Å². The number of anilines is 1. The molecule has 1 aromatic carbocycles. The molecule has 18 heavy (non-hydrogen) atoms. The van der Waals surface area contributed by atoms with Crippen LogP contribution in [0.3, 0.4) is 0 Å². The molecule has 1 heterocycles. The third kappa shape index (κ3) is 2.79. The summed E-state index contributed by atoms with van der Waals surface area (Å²) in [4.78, 5) is 4.70. The molecule has 4 heteroatoms. The van der Waals surface area contributed by atoms with Crippen molar-refractivity contribution >= 4 is 17.3 Å². The molecule has 1 aliphatic rings. The van der Waals surface area contributed by atoms with Gasteiger partial charge < -0.3 is 10.0 Å². The molecule has 0 aromatic heterocycles. The summed E-state index contributed by atoms with van der Waals surface area (Å²) < 4.78 is 0. The van der Waals surface area contributed by atoms with Gasteiger partial charge in [-0.3, -0.25) is 4.90 Å². The molecule has 0 bridgehead atoms. The number of hydrogen-bond acceptors (Lipinski definition) is 3. The highest BCUT2D eigenvalue weighted by molar-refractivity contribution is 6.31. The number of rotatable bonds is 3. The van der Waals surface area contributed by atoms with Crippen molar-refractivity contribution in [2.75, 3.05) is 38.2 Å². The Balaban J connectivity index is 2.16. The van der Waals surface area contributed by atoms with Crippen LogP contribution in [0.5, 0.6) is 0 Å². The molecule has 1 saturated heterocycles. The standard InChI is InChI=1S/C14H21ClN2O/c1-11-13(15)4-3-5-14(11)17-8-7-16(2)12(10-17)6-9-18/h3-5,12,18H,6-10H2,1-2H3. The summed E-state index contributed by atoms with van der Waals surface area (Å²) in [6, 6.07) is 6.48. The molecule has 0 aliphatic carbocycles. The van der Waals surface area contributed by atoms with E-state index in [0.29, 0.717) is 6.04 Å². The Hall–Kier alpha value is -0.770. The second-order valence-electron chi connectivity index (χ2n) is 4.98. The molecule has 0 radical (unpaired) electrons. The quantitative estimate of drug-likeness (QED) is 0.910. The van der Waals surface area contributed by atoms with E-state index in [0.717, 1.165) is 36.6 Å². The van der Waals surface area contributed by atoms with Gasteiger partial charge in [-0.05, 0) is 38.1 Å². The maximum atomic E-state index is 9.13. The fourth-order valence-electron chi connectivity index (χ4n) is 2.56. The molecule has 1 fully saturated rings. The zero-order valence-electron chi connectivity index (χ0n) is 11.1. The first-order valence-corrected chi connectivity index (χ1v) is 6.82. The van der Waals surface area contributed by atoms with Gasteiger partial charge in [0.25, 0.3) is 0 Å². The molecular formula is C14H21ClN2O. The molecule has 0 saturated carbocycles. The average molecular weight is 269 g/mol. The van der Waals surface area contributed by atoms with Gasteiger partial charge in [0.05, 0.1) is 0 Å². The highest BCUT2D eigenvalue weighted by Crippen LogP contribution is 2.28. The number of likely N-dealkylation sites (N-methyl/N-ethyl adjacent to an activating group) is 1. The van der Waals surface area contributed by atoms with Crippen LogP contribution in [0, 0.1) is 6.92 Å². The second-order valence-corrected chi connectivity index (χ2v) is 5.38. The van der Waals surface area contributed by atoms with Crippen molar-refractivity contribution in [1.29, 1.82) is 0 Å². The van der Waals surface area contributed by atoms with Gasteiger partial charge in [0, 0.05) is 43.0 Å². The number of piperazine rings is 1. The topological polar surface area (TPSA) is 26.7 Å². The summed E-state index contributed by atoms with van der Waals surface area (Å²) in [6.07, 6.45) is 0.826. The average Bonchev–Trinajstić information content (AvgIpc) is 2.36. The second kappa shape index (κ2) is 5.91. The maximum absolute atomic E-state index is 9.13. The first kappa shape index (κ1) is 13.7. The number of nitrogens with zero attached hydrogens (tertiary/aromatic N) is 2. The minimum Gasteiger partial charge on any atom is -0.396 e. The molecule has 1 unspecified atom stereocenters. The number of benzene rings is 1. The van der Waals surface area contributed by atoms with E-state index in [9.17, 15) is 0 Å². The highest BCUT2D eigenvalue weighted by atomic mass is 35.5. The van der Waals surface area contributed by atoms with Gasteiger partial charge in [-0.25, -0.2) is 0 Å². The minimum absolute atomic E-state index is 0.247. The predicted octanol–water partition coefficient (Wildman–Crippen LogP) is 2.15. The summed E-state index contributed by atoms with van der Waals surface area (Å²) >= 11 is 6.18. The fourth-order valence-corrected chi connectivity index (χ4v) is 2.73. The number of aliphatic hydroxyl groups excluding tert-OH is 1. The van der Waals surface area contributed by atoms with Gasteiger partial charge in [-0.1, -0.05) is 17.7 Å². The van der Waals surface area contributed by atoms with E-state index < -0.39 is 0 Å². The van der Waals surface area contributed by atoms with Crippen LogP contribution in [0.4, 0.5) is 5.69 Å². The Morgan fingerprint density at radius 2 is 2.17 bits per heavy atom. The molecule has 3 nitrogen and oxygen atoms in total. The molecule has 1 aliphatic heterocycles. The van der Waals surface area contributed by atoms with E-state index in [4.69, 9.17) is 16.7 Å². The molecule has 1 N–H and O–H groups in total. The molecule has 0 amide bonds. The van der Waals surface area contributed by atoms with Gasteiger partial charge in [-0.2, -0.15) is 0 Å². The normalized spacial score (nSPS) is 21.3. The molecule has 1 atom stereocenters. The molecule has 1 aromatic rings. The number of halogens is 1. The highest BCUT2D eigenvalue weighted by Gasteiger charge is 2.24. The lowest BCUT2D eigenvalue weighted by Gasteiger charge is -2.41. The van der Waals surface area contributed by atoms with Gasteiger partial charge in [0.15, 0.2) is 0 Å². The summed E-state index contributed by atoms with van der Waals surface area (Å²) in [5.74, 6) is 0. The smallest absolute Gasteiger partial charge is 0.0455 e. The zero-order chi connectivity index (χ0) is 13.1. The van der Waals surface area contributed by atoms with Crippen molar-refractivity contribution in [2.45, 2.75) is 19.4 Å². The summed E-state index contributed by atoms with van der Waals surface area (Å²) in [7, 11) is 2.13. The number of hydrogen-bond donors (Lipinski definition) is 1. The first-order valence-electron chi connectivity index (χ1n) is 6.44. The summed E-state index contributed by atoms with van der Waals surface area (Å²) in [5, 5.41) is 9.95. The monoisotopic (exact) mass is 268 g/mol. The lowest BCUT2D eigenvalue weighted by Crippen LogP contribution is -2.52. The predicted molar refractivity (Wildman–Crippen MR) is 76.5 cm³/mol. The van der Waals surface area contributed by atoms with E-state index >= 15 is 0 Å². The first-order chi connectivity index (χ1) is 8.63. The third-order valence-electron chi connectivity index (χ3n) is 3.82. The number of aliphatic hydroxyl groups is 1. The van der Waals surface area contributed by atoms with Crippen molar-refractivity contribution in [1.82, 2.24) is 4.90 Å². The zero-order valence-corrected chi connectivity index (χ0v) is 11.8. The fraction of sp³-hybridized carbons (Fsp3) is 0.571. The van der Waals surface area contributed by atoms with Crippen LogP contribution in [0.1, 0.15) is 12.0 Å². The lowest BCUT2D eigenvalue weighted by atomic mass is 10.1. The maximum Gasteiger partial charge on any atom is 0.0455 e.